The van der Waals surface area contributed by atoms with E-state index in [1.54, 1.807) is 7.11 Å². The van der Waals surface area contributed by atoms with Gasteiger partial charge in [-0.2, -0.15) is 0 Å². The molecule has 1 unspecified atom stereocenters. The molecule has 0 saturated carbocycles. The molecule has 3 aromatic carbocycles. The van der Waals surface area contributed by atoms with Crippen molar-refractivity contribution < 1.29 is 9.53 Å². The summed E-state index contributed by atoms with van der Waals surface area (Å²) in [7, 11) is 1.71. The molecule has 1 atom stereocenters. The predicted octanol–water partition coefficient (Wildman–Crippen LogP) is 4.56. The quantitative estimate of drug-likeness (QED) is 0.523. The third kappa shape index (κ3) is 3.84. The number of ether oxygens (including phenoxy) is 1. The van der Waals surface area contributed by atoms with Gasteiger partial charge >= 0.3 is 0 Å². The fourth-order valence-electron chi connectivity index (χ4n) is 5.59. The molecule has 34 heavy (non-hydrogen) atoms. The monoisotopic (exact) mass is 455 g/mol. The van der Waals surface area contributed by atoms with Crippen LogP contribution in [0.1, 0.15) is 24.5 Å². The molecule has 5 heteroatoms. The molecule has 5 rings (SSSR count). The second-order valence-electron chi connectivity index (χ2n) is 9.12. The highest BCUT2D eigenvalue weighted by Gasteiger charge is 2.51. The van der Waals surface area contributed by atoms with Gasteiger partial charge in [0.05, 0.1) is 7.11 Å². The van der Waals surface area contributed by atoms with Crippen LogP contribution in [0.3, 0.4) is 0 Å². The third-order valence-corrected chi connectivity index (χ3v) is 7.44. The Hall–Kier alpha value is -3.31. The van der Waals surface area contributed by atoms with E-state index in [1.165, 1.54) is 5.69 Å². The van der Waals surface area contributed by atoms with Crippen LogP contribution in [0, 0.1) is 0 Å². The molecule has 2 heterocycles. The van der Waals surface area contributed by atoms with Crippen LogP contribution >= 0.6 is 0 Å². The lowest BCUT2D eigenvalue weighted by atomic mass is 9.72. The second-order valence-corrected chi connectivity index (χ2v) is 9.12. The first-order valence-electron chi connectivity index (χ1n) is 12.3. The van der Waals surface area contributed by atoms with Crippen molar-refractivity contribution in [2.45, 2.75) is 18.8 Å². The van der Waals surface area contributed by atoms with Gasteiger partial charge in [0.1, 0.15) is 11.2 Å². The van der Waals surface area contributed by atoms with E-state index in [0.717, 1.165) is 61.7 Å². The van der Waals surface area contributed by atoms with Gasteiger partial charge < -0.3 is 14.5 Å². The van der Waals surface area contributed by atoms with E-state index < -0.39 is 5.41 Å². The highest BCUT2D eigenvalue weighted by molar-refractivity contribution is 6.10. The summed E-state index contributed by atoms with van der Waals surface area (Å²) >= 11 is 0. The van der Waals surface area contributed by atoms with Gasteiger partial charge in [0.2, 0.25) is 5.91 Å². The molecule has 5 nitrogen and oxygen atoms in total. The molecular weight excluding hydrogens is 422 g/mol. The zero-order chi connectivity index (χ0) is 23.5. The number of rotatable bonds is 7. The number of carbonyl (C=O) groups excluding carboxylic acids is 1. The molecule has 0 radical (unpaired) electrons. The number of nitrogens with zero attached hydrogens (tertiary/aromatic N) is 3. The van der Waals surface area contributed by atoms with Crippen LogP contribution in [0.5, 0.6) is 5.75 Å². The zero-order valence-electron chi connectivity index (χ0n) is 20.1. The van der Waals surface area contributed by atoms with Crippen LogP contribution < -0.4 is 14.5 Å². The minimum Gasteiger partial charge on any atom is -0.497 e. The maximum atomic E-state index is 14.0. The summed E-state index contributed by atoms with van der Waals surface area (Å²) < 4.78 is 5.40. The smallest absolute Gasteiger partial charge is 0.242 e. The van der Waals surface area contributed by atoms with Gasteiger partial charge in [0.25, 0.3) is 0 Å². The topological polar surface area (TPSA) is 36.0 Å². The summed E-state index contributed by atoms with van der Waals surface area (Å²) in [6.07, 6.45) is 0.780. The number of carbonyl (C=O) groups is 1. The Balaban J connectivity index is 1.36. The van der Waals surface area contributed by atoms with Gasteiger partial charge in [-0.15, -0.1) is 0 Å². The van der Waals surface area contributed by atoms with Gasteiger partial charge in [-0.05, 0) is 49.2 Å². The van der Waals surface area contributed by atoms with E-state index in [0.29, 0.717) is 6.54 Å². The van der Waals surface area contributed by atoms with Crippen LogP contribution in [-0.2, 0) is 10.2 Å². The summed E-state index contributed by atoms with van der Waals surface area (Å²) in [5.74, 6) is 1.10. The van der Waals surface area contributed by atoms with Crippen molar-refractivity contribution in [1.82, 2.24) is 4.90 Å². The Bertz CT molecular complexity index is 1140. The van der Waals surface area contributed by atoms with E-state index in [-0.39, 0.29) is 5.91 Å². The van der Waals surface area contributed by atoms with Crippen molar-refractivity contribution in [3.63, 3.8) is 0 Å². The maximum Gasteiger partial charge on any atom is 0.242 e. The Kier molecular flexibility index (Phi) is 6.29. The SMILES string of the molecule is CCN1C(=O)C(CCN2CCN(c3cccc(OC)c3)CC2)(c2ccccc2)c2ccccc21. The summed E-state index contributed by atoms with van der Waals surface area (Å²) in [6, 6.07) is 27.0. The molecule has 176 valence electrons. The fraction of sp³-hybridized carbons (Fsp3) is 0.345. The molecule has 0 spiro atoms. The van der Waals surface area contributed by atoms with Crippen molar-refractivity contribution in [3.8, 4) is 5.75 Å². The number of benzene rings is 3. The van der Waals surface area contributed by atoms with Crippen LogP contribution in [0.25, 0.3) is 0 Å². The van der Waals surface area contributed by atoms with E-state index >= 15 is 0 Å². The van der Waals surface area contributed by atoms with Crippen LogP contribution in [0.15, 0.2) is 78.9 Å². The summed E-state index contributed by atoms with van der Waals surface area (Å²) in [4.78, 5) is 20.9. The lowest BCUT2D eigenvalue weighted by Gasteiger charge is -2.38. The first kappa shape index (κ1) is 22.5. The number of likely N-dealkylation sites (N-methyl/N-ethyl adjacent to an activating group) is 1. The number of para-hydroxylation sites is 1. The standard InChI is InChI=1S/C29H33N3O2/c1-3-32-27-15-8-7-14-26(27)29(28(32)33,23-10-5-4-6-11-23)16-17-30-18-20-31(21-19-30)24-12-9-13-25(22-24)34-2/h4-15,22H,3,16-21H2,1-2H3. The van der Waals surface area contributed by atoms with E-state index in [2.05, 4.69) is 71.3 Å². The first-order chi connectivity index (χ1) is 16.7. The van der Waals surface area contributed by atoms with E-state index in [4.69, 9.17) is 4.74 Å². The van der Waals surface area contributed by atoms with Crippen LogP contribution in [-0.4, -0.2) is 57.2 Å². The third-order valence-electron chi connectivity index (χ3n) is 7.44. The lowest BCUT2D eigenvalue weighted by Crippen LogP contribution is -2.49. The zero-order valence-corrected chi connectivity index (χ0v) is 20.1. The minimum absolute atomic E-state index is 0.206. The van der Waals surface area contributed by atoms with Gasteiger partial charge in [0, 0.05) is 50.2 Å². The Morgan fingerprint density at radius 2 is 1.62 bits per heavy atom. The Morgan fingerprint density at radius 3 is 2.35 bits per heavy atom. The van der Waals surface area contributed by atoms with Crippen molar-refractivity contribution in [2.75, 3.05) is 56.2 Å². The molecule has 0 N–H and O–H groups in total. The first-order valence-corrected chi connectivity index (χ1v) is 12.3. The molecule has 0 aliphatic carbocycles. The molecule has 0 bridgehead atoms. The van der Waals surface area contributed by atoms with Crippen molar-refractivity contribution in [2.24, 2.45) is 0 Å². The average molecular weight is 456 g/mol. The van der Waals surface area contributed by atoms with Crippen molar-refractivity contribution in [3.05, 3.63) is 90.0 Å². The van der Waals surface area contributed by atoms with Crippen LogP contribution in [0.4, 0.5) is 11.4 Å². The summed E-state index contributed by atoms with van der Waals surface area (Å²) in [5.41, 5.74) is 3.87. The molecule has 0 aromatic heterocycles. The van der Waals surface area contributed by atoms with Crippen molar-refractivity contribution >= 4 is 17.3 Å². The van der Waals surface area contributed by atoms with Crippen LogP contribution in [0.2, 0.25) is 0 Å². The van der Waals surface area contributed by atoms with Gasteiger partial charge in [-0.25, -0.2) is 0 Å². The number of anilines is 2. The number of fused-ring (bicyclic) bond motifs is 1. The molecule has 3 aromatic rings. The number of methoxy groups -OCH3 is 1. The lowest BCUT2D eigenvalue weighted by molar-refractivity contribution is -0.122. The number of hydrogen-bond donors (Lipinski definition) is 0. The van der Waals surface area contributed by atoms with Crippen molar-refractivity contribution in [1.29, 1.82) is 0 Å². The largest absolute Gasteiger partial charge is 0.497 e. The van der Waals surface area contributed by atoms with Gasteiger partial charge in [-0.3, -0.25) is 9.69 Å². The van der Waals surface area contributed by atoms with E-state index in [1.807, 2.05) is 29.2 Å². The maximum absolute atomic E-state index is 14.0. The molecule has 2 aliphatic rings. The molecule has 2 aliphatic heterocycles. The fourth-order valence-corrected chi connectivity index (χ4v) is 5.59. The normalized spacial score (nSPS) is 20.5. The number of hydrogen-bond acceptors (Lipinski definition) is 4. The molecule has 1 fully saturated rings. The molecular formula is C29H33N3O2. The second kappa shape index (κ2) is 9.51. The predicted molar refractivity (Wildman–Crippen MR) is 138 cm³/mol. The number of amides is 1. The van der Waals surface area contributed by atoms with Gasteiger partial charge in [-0.1, -0.05) is 54.6 Å². The van der Waals surface area contributed by atoms with E-state index in [9.17, 15) is 4.79 Å². The molecule has 1 saturated heterocycles. The highest BCUT2D eigenvalue weighted by atomic mass is 16.5. The molecule has 1 amide bonds. The average Bonchev–Trinajstić information content (AvgIpc) is 3.16. The number of piperazine rings is 1. The Labute approximate surface area is 202 Å². The summed E-state index contributed by atoms with van der Waals surface area (Å²) in [6.45, 7) is 7.54. The minimum atomic E-state index is -0.627. The van der Waals surface area contributed by atoms with Gasteiger partial charge in [0.15, 0.2) is 0 Å². The highest BCUT2D eigenvalue weighted by Crippen LogP contribution is 2.48. The summed E-state index contributed by atoms with van der Waals surface area (Å²) in [5, 5.41) is 0. The Morgan fingerprint density at radius 1 is 0.882 bits per heavy atom.